The number of aliphatic imine (C=N–C) groups is 1. The van der Waals surface area contributed by atoms with Gasteiger partial charge in [0.1, 0.15) is 5.75 Å². The van der Waals surface area contributed by atoms with Gasteiger partial charge < -0.3 is 15.0 Å². The van der Waals surface area contributed by atoms with Crippen molar-refractivity contribution in [1.29, 1.82) is 0 Å². The molecule has 1 N–H and O–H groups in total. The van der Waals surface area contributed by atoms with Crippen molar-refractivity contribution in [3.05, 3.63) is 58.6 Å². The van der Waals surface area contributed by atoms with E-state index in [-0.39, 0.29) is 6.09 Å². The molecule has 124 valence electrons. The molecular weight excluding hydrogens is 370 g/mol. The zero-order chi connectivity index (χ0) is 16.8. The lowest BCUT2D eigenvalue weighted by Crippen LogP contribution is -2.47. The average Bonchev–Trinajstić information content (AvgIpc) is 2.62. The van der Waals surface area contributed by atoms with E-state index in [1.165, 1.54) is 0 Å². The Labute approximate surface area is 149 Å². The first-order chi connectivity index (χ1) is 11.7. The van der Waals surface area contributed by atoms with E-state index in [0.29, 0.717) is 18.8 Å². The van der Waals surface area contributed by atoms with Crippen LogP contribution in [0.1, 0.15) is 5.56 Å². The lowest BCUT2D eigenvalue weighted by Gasteiger charge is -2.26. The van der Waals surface area contributed by atoms with Crippen LogP contribution in [0.4, 0.5) is 10.5 Å². The third kappa shape index (κ3) is 4.66. The highest BCUT2D eigenvalue weighted by Crippen LogP contribution is 2.18. The van der Waals surface area contributed by atoms with Crippen LogP contribution in [0.3, 0.4) is 0 Å². The zero-order valence-electron chi connectivity index (χ0n) is 13.1. The molecule has 0 unspecified atom stereocenters. The van der Waals surface area contributed by atoms with Crippen LogP contribution in [-0.4, -0.2) is 43.4 Å². The van der Waals surface area contributed by atoms with E-state index in [4.69, 9.17) is 4.74 Å². The van der Waals surface area contributed by atoms with Crippen LogP contribution >= 0.6 is 15.9 Å². The fourth-order valence-corrected chi connectivity index (χ4v) is 2.61. The number of piperazine rings is 1. The Morgan fingerprint density at radius 3 is 2.67 bits per heavy atom. The second-order valence-corrected chi connectivity index (χ2v) is 6.33. The molecule has 3 rings (SSSR count). The number of benzene rings is 2. The van der Waals surface area contributed by atoms with Crippen molar-refractivity contribution in [1.82, 2.24) is 10.2 Å². The topological polar surface area (TPSA) is 53.9 Å². The Kier molecular flexibility index (Phi) is 5.61. The summed E-state index contributed by atoms with van der Waals surface area (Å²) >= 11 is 3.40. The maximum absolute atomic E-state index is 12.1. The third-order valence-corrected chi connectivity index (χ3v) is 4.16. The van der Waals surface area contributed by atoms with E-state index in [0.717, 1.165) is 28.8 Å². The van der Waals surface area contributed by atoms with Gasteiger partial charge >= 0.3 is 6.09 Å². The summed E-state index contributed by atoms with van der Waals surface area (Å²) in [5, 5.41) is 3.21. The van der Waals surface area contributed by atoms with Crippen LogP contribution in [0.15, 0.2) is 58.0 Å². The Morgan fingerprint density at radius 1 is 1.17 bits per heavy atom. The van der Waals surface area contributed by atoms with E-state index in [1.807, 2.05) is 42.5 Å². The molecule has 1 saturated heterocycles. The number of ether oxygens (including phenoxy) is 1. The van der Waals surface area contributed by atoms with Gasteiger partial charge in [0.25, 0.3) is 0 Å². The molecule has 2 aromatic carbocycles. The minimum Gasteiger partial charge on any atom is -0.410 e. The summed E-state index contributed by atoms with van der Waals surface area (Å²) < 4.78 is 6.47. The summed E-state index contributed by atoms with van der Waals surface area (Å²) in [4.78, 5) is 18.3. The molecule has 0 saturated carbocycles. The van der Waals surface area contributed by atoms with Crippen molar-refractivity contribution in [3.8, 4) is 5.75 Å². The number of hydrogen-bond acceptors (Lipinski definition) is 4. The van der Waals surface area contributed by atoms with Crippen molar-refractivity contribution in [2.75, 3.05) is 26.2 Å². The highest BCUT2D eigenvalue weighted by molar-refractivity contribution is 9.10. The maximum atomic E-state index is 12.1. The molecule has 1 aliphatic heterocycles. The highest BCUT2D eigenvalue weighted by atomic mass is 79.9. The fourth-order valence-electron chi connectivity index (χ4n) is 2.35. The number of nitrogens with one attached hydrogen (secondary N) is 1. The molecule has 5 nitrogen and oxygen atoms in total. The average molecular weight is 388 g/mol. The monoisotopic (exact) mass is 387 g/mol. The van der Waals surface area contributed by atoms with Gasteiger partial charge in [-0.2, -0.15) is 0 Å². The smallest absolute Gasteiger partial charge is 0.410 e. The molecule has 0 aromatic heterocycles. The summed E-state index contributed by atoms with van der Waals surface area (Å²) in [7, 11) is 0. The molecule has 1 amide bonds. The lowest BCUT2D eigenvalue weighted by molar-refractivity contribution is 0.146. The maximum Gasteiger partial charge on any atom is 0.415 e. The minimum absolute atomic E-state index is 0.307. The molecule has 2 aromatic rings. The van der Waals surface area contributed by atoms with E-state index in [9.17, 15) is 4.79 Å². The molecule has 0 bridgehead atoms. The summed E-state index contributed by atoms with van der Waals surface area (Å²) in [5.41, 5.74) is 1.74. The first-order valence-corrected chi connectivity index (χ1v) is 8.57. The van der Waals surface area contributed by atoms with Gasteiger partial charge in [0.05, 0.1) is 5.69 Å². The van der Waals surface area contributed by atoms with Gasteiger partial charge in [-0.3, -0.25) is 4.99 Å². The number of carbonyl (C=O) groups is 1. The van der Waals surface area contributed by atoms with Crippen LogP contribution in [0.5, 0.6) is 5.75 Å². The first kappa shape index (κ1) is 16.7. The summed E-state index contributed by atoms with van der Waals surface area (Å²) in [6, 6.07) is 15.1. The van der Waals surface area contributed by atoms with Crippen LogP contribution in [0.2, 0.25) is 0 Å². The number of amides is 1. The molecule has 1 aliphatic rings. The predicted octanol–water partition coefficient (Wildman–Crippen LogP) is 3.60. The van der Waals surface area contributed by atoms with Gasteiger partial charge in [-0.25, -0.2) is 4.79 Å². The Hall–Kier alpha value is -2.18. The Bertz CT molecular complexity index is 725. The van der Waals surface area contributed by atoms with Crippen LogP contribution in [0.25, 0.3) is 0 Å². The second-order valence-electron chi connectivity index (χ2n) is 5.41. The zero-order valence-corrected chi connectivity index (χ0v) is 14.7. The van der Waals surface area contributed by atoms with Crippen LogP contribution in [-0.2, 0) is 0 Å². The number of rotatable bonds is 3. The highest BCUT2D eigenvalue weighted by Gasteiger charge is 2.17. The SMILES string of the molecule is O=C(Oc1cccc(/C=N/c2ccc(Br)cc2)c1)N1CCNCC1. The van der Waals surface area contributed by atoms with Gasteiger partial charge in [0, 0.05) is 36.9 Å². The third-order valence-electron chi connectivity index (χ3n) is 3.63. The van der Waals surface area contributed by atoms with Crippen molar-refractivity contribution in [3.63, 3.8) is 0 Å². The molecule has 1 heterocycles. The standard InChI is InChI=1S/C18H18BrN3O2/c19-15-4-6-16(7-5-15)21-13-14-2-1-3-17(12-14)24-18(23)22-10-8-20-9-11-22/h1-7,12-13,20H,8-11H2/b21-13+. The van der Waals surface area contributed by atoms with E-state index in [1.54, 1.807) is 17.2 Å². The number of nitrogens with zero attached hydrogens (tertiary/aromatic N) is 2. The Morgan fingerprint density at radius 2 is 1.92 bits per heavy atom. The molecule has 0 atom stereocenters. The molecule has 24 heavy (non-hydrogen) atoms. The second kappa shape index (κ2) is 8.08. The van der Waals surface area contributed by atoms with Crippen molar-refractivity contribution < 1.29 is 9.53 Å². The van der Waals surface area contributed by atoms with Gasteiger partial charge in [0.2, 0.25) is 0 Å². The first-order valence-electron chi connectivity index (χ1n) is 7.78. The van der Waals surface area contributed by atoms with Gasteiger partial charge in [-0.05, 0) is 42.0 Å². The van der Waals surface area contributed by atoms with Gasteiger partial charge in [-0.1, -0.05) is 28.1 Å². The molecular formula is C18H18BrN3O2. The quantitative estimate of drug-likeness (QED) is 0.818. The molecule has 6 heteroatoms. The minimum atomic E-state index is -0.307. The fraction of sp³-hybridized carbons (Fsp3) is 0.222. The van der Waals surface area contributed by atoms with Crippen LogP contribution < -0.4 is 10.1 Å². The van der Waals surface area contributed by atoms with E-state index < -0.39 is 0 Å². The largest absolute Gasteiger partial charge is 0.415 e. The molecule has 0 spiro atoms. The van der Waals surface area contributed by atoms with Crippen molar-refractivity contribution in [2.24, 2.45) is 4.99 Å². The van der Waals surface area contributed by atoms with Crippen molar-refractivity contribution >= 4 is 33.9 Å². The molecule has 1 fully saturated rings. The molecule has 0 aliphatic carbocycles. The molecule has 0 radical (unpaired) electrons. The van der Waals surface area contributed by atoms with Crippen molar-refractivity contribution in [2.45, 2.75) is 0 Å². The number of hydrogen-bond donors (Lipinski definition) is 1. The summed E-state index contributed by atoms with van der Waals surface area (Å²) in [6.45, 7) is 2.94. The predicted molar refractivity (Wildman–Crippen MR) is 98.3 cm³/mol. The summed E-state index contributed by atoms with van der Waals surface area (Å²) in [6.07, 6.45) is 1.45. The van der Waals surface area contributed by atoms with E-state index in [2.05, 4.69) is 26.2 Å². The summed E-state index contributed by atoms with van der Waals surface area (Å²) in [5.74, 6) is 0.526. The van der Waals surface area contributed by atoms with E-state index >= 15 is 0 Å². The van der Waals surface area contributed by atoms with Crippen LogP contribution in [0, 0.1) is 0 Å². The normalized spacial score (nSPS) is 14.8. The van der Waals surface area contributed by atoms with Gasteiger partial charge in [-0.15, -0.1) is 0 Å². The Balaban J connectivity index is 1.65. The number of carbonyl (C=O) groups excluding carboxylic acids is 1. The number of halogens is 1. The van der Waals surface area contributed by atoms with Gasteiger partial charge in [0.15, 0.2) is 0 Å². The lowest BCUT2D eigenvalue weighted by atomic mass is 10.2.